The Morgan fingerprint density at radius 2 is 2.00 bits per heavy atom. The number of primary amides is 1. The van der Waals surface area contributed by atoms with Gasteiger partial charge in [0, 0.05) is 24.5 Å². The zero-order valence-corrected chi connectivity index (χ0v) is 18.6. The van der Waals surface area contributed by atoms with E-state index in [0.29, 0.717) is 17.8 Å². The van der Waals surface area contributed by atoms with Gasteiger partial charge in [0.15, 0.2) is 0 Å². The third-order valence-electron chi connectivity index (χ3n) is 7.99. The van der Waals surface area contributed by atoms with Crippen LogP contribution in [0.1, 0.15) is 49.7 Å². The maximum atomic E-state index is 13.4. The number of rotatable bonds is 5. The molecule has 3 atom stereocenters. The van der Waals surface area contributed by atoms with E-state index in [1.54, 1.807) is 11.8 Å². The van der Waals surface area contributed by atoms with E-state index < -0.39 is 0 Å². The Kier molecular flexibility index (Phi) is 5.34. The normalized spacial score (nSPS) is 37.8. The first-order valence-electron chi connectivity index (χ1n) is 11.4. The van der Waals surface area contributed by atoms with Crippen LogP contribution in [0.5, 0.6) is 0 Å². The molecule has 1 aromatic carbocycles. The van der Waals surface area contributed by atoms with Crippen molar-refractivity contribution in [1.29, 1.82) is 0 Å². The fourth-order valence-corrected chi connectivity index (χ4v) is 8.06. The number of thioether (sulfide) groups is 1. The third kappa shape index (κ3) is 3.66. The molecule has 4 saturated carbocycles. The highest BCUT2D eigenvalue weighted by Gasteiger charge is 2.58. The quantitative estimate of drug-likeness (QED) is 0.757. The number of carbonyl (C=O) groups is 2. The fraction of sp³-hybridized carbons (Fsp3) is 0.667. The molecule has 0 spiro atoms. The topological polar surface area (TPSA) is 75.4 Å². The Morgan fingerprint density at radius 3 is 2.70 bits per heavy atom. The van der Waals surface area contributed by atoms with Crippen LogP contribution in [-0.2, 0) is 16.1 Å². The summed E-state index contributed by atoms with van der Waals surface area (Å²) in [6, 6.07) is 8.80. The average Bonchev–Trinajstić information content (AvgIpc) is 2.70. The van der Waals surface area contributed by atoms with Crippen LogP contribution in [0.4, 0.5) is 0 Å². The van der Waals surface area contributed by atoms with Crippen molar-refractivity contribution in [1.82, 2.24) is 10.2 Å². The van der Waals surface area contributed by atoms with Gasteiger partial charge < -0.3 is 11.1 Å². The van der Waals surface area contributed by atoms with Crippen molar-refractivity contribution < 1.29 is 9.59 Å². The molecule has 3 unspecified atom stereocenters. The van der Waals surface area contributed by atoms with Crippen LogP contribution < -0.4 is 11.1 Å². The van der Waals surface area contributed by atoms with Crippen molar-refractivity contribution in [2.24, 2.45) is 28.9 Å². The van der Waals surface area contributed by atoms with Gasteiger partial charge in [0.2, 0.25) is 11.8 Å². The highest BCUT2D eigenvalue weighted by atomic mass is 32.2. The molecule has 1 heterocycles. The molecule has 1 aliphatic heterocycles. The summed E-state index contributed by atoms with van der Waals surface area (Å²) in [6.07, 6.45) is 6.11. The minimum atomic E-state index is -0.297. The number of amides is 2. The Labute approximate surface area is 183 Å². The van der Waals surface area contributed by atoms with Crippen molar-refractivity contribution >= 4 is 23.6 Å². The predicted octanol–water partition coefficient (Wildman–Crippen LogP) is 3.06. The molecular formula is C24H33N3O2S. The zero-order chi connectivity index (χ0) is 20.9. The number of nitrogens with two attached hydrogens (primary N) is 1. The lowest BCUT2D eigenvalue weighted by atomic mass is 9.47. The SMILES string of the molecule is Cc1cccc(CN2CCCSC2C(=O)NC2C3CC4CC2CC(C(N)=O)(C4)C3)c1. The molecule has 1 aromatic rings. The summed E-state index contributed by atoms with van der Waals surface area (Å²) in [4.78, 5) is 27.9. The Balaban J connectivity index is 1.28. The fourth-order valence-electron chi connectivity index (χ4n) is 6.93. The number of nitrogens with zero attached hydrogens (tertiary/aromatic N) is 1. The molecule has 0 aromatic heterocycles. The second-order valence-corrected chi connectivity index (χ2v) is 11.4. The van der Waals surface area contributed by atoms with Gasteiger partial charge in [-0.2, -0.15) is 0 Å². The first-order valence-corrected chi connectivity index (χ1v) is 12.5. The summed E-state index contributed by atoms with van der Waals surface area (Å²) in [7, 11) is 0. The Hall–Kier alpha value is -1.53. The van der Waals surface area contributed by atoms with Crippen LogP contribution in [0.25, 0.3) is 0 Å². The average molecular weight is 428 g/mol. The van der Waals surface area contributed by atoms with Gasteiger partial charge in [-0.3, -0.25) is 14.5 Å². The van der Waals surface area contributed by atoms with Gasteiger partial charge in [-0.25, -0.2) is 0 Å². The van der Waals surface area contributed by atoms with Crippen molar-refractivity contribution in [2.75, 3.05) is 12.3 Å². The lowest BCUT2D eigenvalue weighted by Gasteiger charge is -2.59. The maximum absolute atomic E-state index is 13.4. The maximum Gasteiger partial charge on any atom is 0.247 e. The molecule has 4 aliphatic carbocycles. The molecule has 5 fully saturated rings. The second-order valence-electron chi connectivity index (χ2n) is 10.2. The van der Waals surface area contributed by atoms with Crippen LogP contribution in [0.15, 0.2) is 24.3 Å². The van der Waals surface area contributed by atoms with Crippen molar-refractivity contribution in [3.63, 3.8) is 0 Å². The van der Waals surface area contributed by atoms with Crippen LogP contribution in [0.2, 0.25) is 0 Å². The van der Waals surface area contributed by atoms with Gasteiger partial charge >= 0.3 is 0 Å². The molecule has 2 amide bonds. The minimum absolute atomic E-state index is 0.112. The summed E-state index contributed by atoms with van der Waals surface area (Å²) >= 11 is 1.77. The summed E-state index contributed by atoms with van der Waals surface area (Å²) in [5.74, 6) is 2.52. The van der Waals surface area contributed by atoms with Crippen molar-refractivity contribution in [2.45, 2.75) is 63.4 Å². The van der Waals surface area contributed by atoms with E-state index in [0.717, 1.165) is 57.4 Å². The Morgan fingerprint density at radius 1 is 1.23 bits per heavy atom. The highest BCUT2D eigenvalue weighted by molar-refractivity contribution is 8.00. The predicted molar refractivity (Wildman–Crippen MR) is 120 cm³/mol. The molecule has 6 rings (SSSR count). The zero-order valence-electron chi connectivity index (χ0n) is 17.8. The van der Waals surface area contributed by atoms with E-state index in [-0.39, 0.29) is 28.6 Å². The van der Waals surface area contributed by atoms with Crippen LogP contribution >= 0.6 is 11.8 Å². The van der Waals surface area contributed by atoms with Gasteiger partial charge in [0.25, 0.3) is 0 Å². The van der Waals surface area contributed by atoms with Gasteiger partial charge in [-0.15, -0.1) is 11.8 Å². The number of carbonyl (C=O) groups excluding carboxylic acids is 2. The molecule has 162 valence electrons. The van der Waals surface area contributed by atoms with E-state index in [1.165, 1.54) is 11.1 Å². The van der Waals surface area contributed by atoms with Crippen molar-refractivity contribution in [3.05, 3.63) is 35.4 Å². The molecule has 3 N–H and O–H groups in total. The van der Waals surface area contributed by atoms with Crippen molar-refractivity contribution in [3.8, 4) is 0 Å². The van der Waals surface area contributed by atoms with E-state index in [1.807, 2.05) is 0 Å². The van der Waals surface area contributed by atoms with Gasteiger partial charge in [0.05, 0.1) is 0 Å². The van der Waals surface area contributed by atoms with Gasteiger partial charge in [0.1, 0.15) is 5.37 Å². The number of hydrogen-bond acceptors (Lipinski definition) is 4. The van der Waals surface area contributed by atoms with Crippen LogP contribution in [0.3, 0.4) is 0 Å². The summed E-state index contributed by atoms with van der Waals surface area (Å²) in [5.41, 5.74) is 8.05. The molecule has 5 nitrogen and oxygen atoms in total. The number of aryl methyl sites for hydroxylation is 1. The van der Waals surface area contributed by atoms with E-state index >= 15 is 0 Å². The summed E-state index contributed by atoms with van der Waals surface area (Å²) in [6.45, 7) is 3.89. The number of nitrogens with one attached hydrogen (secondary N) is 1. The third-order valence-corrected chi connectivity index (χ3v) is 9.35. The largest absolute Gasteiger partial charge is 0.369 e. The standard InChI is InChI=1S/C24H33N3O2S/c1-15-4-2-5-16(8-15)14-27-6-3-7-30-22(27)21(28)26-20-18-9-17-10-19(20)13-24(11-17,12-18)23(25)29/h2,4-5,8,17-20,22H,3,6-7,9-14H2,1H3,(H2,25,29)(H,26,28). The van der Waals surface area contributed by atoms with E-state index in [2.05, 4.69) is 41.4 Å². The van der Waals surface area contributed by atoms with Crippen LogP contribution in [0, 0.1) is 30.1 Å². The highest BCUT2D eigenvalue weighted by Crippen LogP contribution is 2.59. The molecule has 5 aliphatic rings. The molecule has 30 heavy (non-hydrogen) atoms. The minimum Gasteiger partial charge on any atom is -0.369 e. The monoisotopic (exact) mass is 427 g/mol. The number of hydrogen-bond donors (Lipinski definition) is 2. The number of benzene rings is 1. The first-order chi connectivity index (χ1) is 14.4. The Bertz CT molecular complexity index is 827. The molecule has 1 saturated heterocycles. The van der Waals surface area contributed by atoms with Crippen LogP contribution in [-0.4, -0.2) is 40.4 Å². The molecule has 4 bridgehead atoms. The second kappa shape index (κ2) is 7.86. The van der Waals surface area contributed by atoms with E-state index in [4.69, 9.17) is 5.73 Å². The summed E-state index contributed by atoms with van der Waals surface area (Å²) in [5, 5.41) is 3.34. The van der Waals surface area contributed by atoms with Gasteiger partial charge in [-0.05, 0) is 74.5 Å². The molecule has 6 heteroatoms. The lowest BCUT2D eigenvalue weighted by molar-refractivity contribution is -0.147. The summed E-state index contributed by atoms with van der Waals surface area (Å²) < 4.78 is 0. The lowest BCUT2D eigenvalue weighted by Crippen LogP contribution is -2.63. The molecule has 0 radical (unpaired) electrons. The van der Waals surface area contributed by atoms with Gasteiger partial charge in [-0.1, -0.05) is 29.8 Å². The van der Waals surface area contributed by atoms with E-state index in [9.17, 15) is 9.59 Å². The molecular weight excluding hydrogens is 394 g/mol. The smallest absolute Gasteiger partial charge is 0.247 e. The first kappa shape index (κ1) is 20.4.